The first-order valence-corrected chi connectivity index (χ1v) is 7.69. The Morgan fingerprint density at radius 1 is 1.17 bits per heavy atom. The van der Waals surface area contributed by atoms with Crippen molar-refractivity contribution < 1.29 is 4.79 Å². The van der Waals surface area contributed by atoms with Gasteiger partial charge in [-0.25, -0.2) is 0 Å². The minimum absolute atomic E-state index is 0.0497. The lowest BCUT2D eigenvalue weighted by molar-refractivity contribution is -0.119. The second-order valence-electron chi connectivity index (χ2n) is 5.43. The fourth-order valence-electron chi connectivity index (χ4n) is 2.79. The molecule has 0 fully saturated rings. The van der Waals surface area contributed by atoms with Crippen molar-refractivity contribution in [2.24, 2.45) is 0 Å². The van der Waals surface area contributed by atoms with Gasteiger partial charge in [0.25, 0.3) is 0 Å². The van der Waals surface area contributed by atoms with Gasteiger partial charge >= 0.3 is 0 Å². The summed E-state index contributed by atoms with van der Waals surface area (Å²) < 4.78 is 1.83. The zero-order chi connectivity index (χ0) is 16.9. The van der Waals surface area contributed by atoms with Crippen LogP contribution in [0.3, 0.4) is 0 Å². The van der Waals surface area contributed by atoms with Crippen molar-refractivity contribution in [2.75, 3.05) is 11.4 Å². The van der Waals surface area contributed by atoms with Crippen molar-refractivity contribution in [3.63, 3.8) is 0 Å². The highest BCUT2D eigenvalue weighted by molar-refractivity contribution is 5.95. The van der Waals surface area contributed by atoms with Gasteiger partial charge in [0, 0.05) is 29.3 Å². The first-order valence-electron chi connectivity index (χ1n) is 7.69. The van der Waals surface area contributed by atoms with E-state index in [9.17, 15) is 10.1 Å². The van der Waals surface area contributed by atoms with E-state index in [1.54, 1.807) is 17.2 Å². The highest BCUT2D eigenvalue weighted by atomic mass is 16.2. The number of carbonyl (C=O) groups is 1. The molecule has 118 valence electrons. The summed E-state index contributed by atoms with van der Waals surface area (Å²) in [6.45, 7) is 4.35. The Morgan fingerprint density at radius 2 is 1.88 bits per heavy atom. The average Bonchev–Trinajstić information content (AvgIpc) is 2.98. The molecule has 1 amide bonds. The minimum Gasteiger partial charge on any atom is -0.337 e. The topological polar surface area (TPSA) is 49.0 Å². The molecule has 2 aromatic carbocycles. The molecule has 0 spiro atoms. The maximum absolute atomic E-state index is 12.8. The summed E-state index contributed by atoms with van der Waals surface area (Å²) in [6.07, 6.45) is 3.44. The van der Waals surface area contributed by atoms with E-state index in [0.717, 1.165) is 16.6 Å². The van der Waals surface area contributed by atoms with Crippen LogP contribution in [-0.2, 0) is 11.3 Å². The minimum atomic E-state index is -0.0497. The van der Waals surface area contributed by atoms with Crippen molar-refractivity contribution in [3.05, 3.63) is 79.0 Å². The lowest BCUT2D eigenvalue weighted by Gasteiger charge is -2.21. The van der Waals surface area contributed by atoms with E-state index < -0.39 is 0 Å². The van der Waals surface area contributed by atoms with Gasteiger partial charge in [-0.2, -0.15) is 5.26 Å². The third kappa shape index (κ3) is 2.92. The van der Waals surface area contributed by atoms with Crippen LogP contribution in [0, 0.1) is 11.3 Å². The zero-order valence-electron chi connectivity index (χ0n) is 13.2. The fourth-order valence-corrected chi connectivity index (χ4v) is 2.79. The molecule has 1 heterocycles. The third-order valence-corrected chi connectivity index (χ3v) is 3.90. The van der Waals surface area contributed by atoms with Crippen molar-refractivity contribution in [1.29, 1.82) is 5.26 Å². The van der Waals surface area contributed by atoms with Crippen LogP contribution in [0.2, 0.25) is 0 Å². The Labute approximate surface area is 140 Å². The molecule has 24 heavy (non-hydrogen) atoms. The molecule has 1 aromatic heterocycles. The van der Waals surface area contributed by atoms with Gasteiger partial charge in [-0.1, -0.05) is 42.5 Å². The largest absolute Gasteiger partial charge is 0.337 e. The first-order chi connectivity index (χ1) is 11.7. The molecule has 0 saturated carbocycles. The van der Waals surface area contributed by atoms with Crippen molar-refractivity contribution >= 4 is 22.5 Å². The summed E-state index contributed by atoms with van der Waals surface area (Å²) in [4.78, 5) is 14.5. The standard InChI is InChI=1S/C20H17N3O/c1-2-12-23(17-8-4-3-5-9-17)20(24)15-22-14-16(13-21)18-10-6-7-11-19(18)22/h2-11,14H,1,12,15H2. The summed E-state index contributed by atoms with van der Waals surface area (Å²) in [5, 5.41) is 10.1. The van der Waals surface area contributed by atoms with E-state index in [1.165, 1.54) is 0 Å². The number of para-hydroxylation sites is 2. The zero-order valence-corrected chi connectivity index (χ0v) is 13.2. The number of anilines is 1. The molecular weight excluding hydrogens is 298 g/mol. The number of nitrogens with zero attached hydrogens (tertiary/aromatic N) is 3. The molecule has 3 rings (SSSR count). The van der Waals surface area contributed by atoms with Crippen LogP contribution in [0.1, 0.15) is 5.56 Å². The summed E-state index contributed by atoms with van der Waals surface area (Å²) in [5.41, 5.74) is 2.29. The highest BCUT2D eigenvalue weighted by Crippen LogP contribution is 2.21. The molecular formula is C20H17N3O. The lowest BCUT2D eigenvalue weighted by atomic mass is 10.2. The summed E-state index contributed by atoms with van der Waals surface area (Å²) in [5.74, 6) is -0.0497. The van der Waals surface area contributed by atoms with Gasteiger partial charge in [-0.3, -0.25) is 4.79 Å². The van der Waals surface area contributed by atoms with Crippen LogP contribution in [0.4, 0.5) is 5.69 Å². The predicted molar refractivity (Wildman–Crippen MR) is 95.6 cm³/mol. The normalized spacial score (nSPS) is 10.3. The average molecular weight is 315 g/mol. The quantitative estimate of drug-likeness (QED) is 0.674. The number of rotatable bonds is 5. The number of hydrogen-bond acceptors (Lipinski definition) is 2. The van der Waals surface area contributed by atoms with Crippen molar-refractivity contribution in [3.8, 4) is 6.07 Å². The summed E-state index contributed by atoms with van der Waals surface area (Å²) >= 11 is 0. The molecule has 4 heteroatoms. The Balaban J connectivity index is 1.94. The van der Waals surface area contributed by atoms with Gasteiger partial charge in [0.05, 0.1) is 5.56 Å². The van der Waals surface area contributed by atoms with Gasteiger partial charge in [-0.15, -0.1) is 6.58 Å². The molecule has 0 aliphatic heterocycles. The van der Waals surface area contributed by atoms with Crippen LogP contribution in [0.15, 0.2) is 73.4 Å². The van der Waals surface area contributed by atoms with Crippen LogP contribution in [0.25, 0.3) is 10.9 Å². The number of benzene rings is 2. The third-order valence-electron chi connectivity index (χ3n) is 3.90. The predicted octanol–water partition coefficient (Wildman–Crippen LogP) is 3.73. The number of aromatic nitrogens is 1. The Hall–Kier alpha value is -3.32. The molecule has 0 aliphatic rings. The SMILES string of the molecule is C=CCN(C(=O)Cn1cc(C#N)c2ccccc21)c1ccccc1. The van der Waals surface area contributed by atoms with E-state index in [2.05, 4.69) is 12.6 Å². The fraction of sp³-hybridized carbons (Fsp3) is 0.100. The van der Waals surface area contributed by atoms with E-state index in [-0.39, 0.29) is 12.5 Å². The molecule has 0 aliphatic carbocycles. The number of carbonyl (C=O) groups excluding carboxylic acids is 1. The second-order valence-corrected chi connectivity index (χ2v) is 5.43. The van der Waals surface area contributed by atoms with Gasteiger partial charge in [-0.05, 0) is 18.2 Å². The summed E-state index contributed by atoms with van der Waals surface area (Å²) in [7, 11) is 0. The van der Waals surface area contributed by atoms with Crippen LogP contribution < -0.4 is 4.90 Å². The van der Waals surface area contributed by atoms with Crippen molar-refractivity contribution in [1.82, 2.24) is 4.57 Å². The van der Waals surface area contributed by atoms with E-state index >= 15 is 0 Å². The molecule has 0 radical (unpaired) electrons. The van der Waals surface area contributed by atoms with Crippen molar-refractivity contribution in [2.45, 2.75) is 6.54 Å². The Bertz CT molecular complexity index is 919. The number of amides is 1. The van der Waals surface area contributed by atoms with Gasteiger partial charge in [0.15, 0.2) is 0 Å². The number of fused-ring (bicyclic) bond motifs is 1. The first kappa shape index (κ1) is 15.6. The van der Waals surface area contributed by atoms with E-state index in [0.29, 0.717) is 12.1 Å². The molecule has 0 bridgehead atoms. The maximum atomic E-state index is 12.8. The Morgan fingerprint density at radius 3 is 2.58 bits per heavy atom. The molecule has 3 aromatic rings. The summed E-state index contributed by atoms with van der Waals surface area (Å²) in [6, 6.07) is 19.3. The number of nitriles is 1. The monoisotopic (exact) mass is 315 g/mol. The van der Waals surface area contributed by atoms with Crippen LogP contribution in [0.5, 0.6) is 0 Å². The lowest BCUT2D eigenvalue weighted by Crippen LogP contribution is -2.33. The molecule has 0 atom stereocenters. The van der Waals surface area contributed by atoms with Gasteiger partial charge < -0.3 is 9.47 Å². The van der Waals surface area contributed by atoms with E-state index in [1.807, 2.05) is 59.2 Å². The molecule has 4 nitrogen and oxygen atoms in total. The smallest absolute Gasteiger partial charge is 0.247 e. The molecule has 0 unspecified atom stereocenters. The maximum Gasteiger partial charge on any atom is 0.247 e. The van der Waals surface area contributed by atoms with Crippen LogP contribution >= 0.6 is 0 Å². The number of hydrogen-bond donors (Lipinski definition) is 0. The second kappa shape index (κ2) is 6.84. The molecule has 0 N–H and O–H groups in total. The van der Waals surface area contributed by atoms with Gasteiger partial charge in [0.1, 0.15) is 12.6 Å². The van der Waals surface area contributed by atoms with Gasteiger partial charge in [0.2, 0.25) is 5.91 Å². The van der Waals surface area contributed by atoms with E-state index in [4.69, 9.17) is 0 Å². The van der Waals surface area contributed by atoms with Crippen LogP contribution in [-0.4, -0.2) is 17.0 Å². The Kier molecular flexibility index (Phi) is 4.44. The molecule has 0 saturated heterocycles. The highest BCUT2D eigenvalue weighted by Gasteiger charge is 2.17.